The zero-order chi connectivity index (χ0) is 21.3. The molecular weight excluding hydrogens is 372 g/mol. The summed E-state index contributed by atoms with van der Waals surface area (Å²) in [6.45, 7) is 10.2. The molecule has 28 heavy (non-hydrogen) atoms. The first-order chi connectivity index (χ1) is 12.8. The van der Waals surface area contributed by atoms with Crippen molar-refractivity contribution in [2.24, 2.45) is 0 Å². The van der Waals surface area contributed by atoms with Crippen LogP contribution < -0.4 is 9.62 Å². The van der Waals surface area contributed by atoms with Gasteiger partial charge in [-0.15, -0.1) is 0 Å². The zero-order valence-electron chi connectivity index (χ0n) is 17.7. The minimum absolute atomic E-state index is 0.0783. The summed E-state index contributed by atoms with van der Waals surface area (Å²) in [4.78, 5) is 12.7. The highest BCUT2D eigenvalue weighted by atomic mass is 32.2. The molecule has 0 saturated carbocycles. The molecule has 1 N–H and O–H groups in total. The number of benzene rings is 2. The molecule has 2 rings (SSSR count). The highest BCUT2D eigenvalue weighted by Crippen LogP contribution is 2.25. The summed E-state index contributed by atoms with van der Waals surface area (Å²) in [5.74, 6) is -0.240. The minimum atomic E-state index is -3.40. The number of sulfonamides is 1. The lowest BCUT2D eigenvalue weighted by atomic mass is 9.86. The Hall–Kier alpha value is -2.34. The molecule has 5 nitrogen and oxygen atoms in total. The van der Waals surface area contributed by atoms with Gasteiger partial charge in [0.15, 0.2) is 0 Å². The quantitative estimate of drug-likeness (QED) is 0.816. The molecule has 1 amide bonds. The van der Waals surface area contributed by atoms with Gasteiger partial charge in [-0.2, -0.15) is 0 Å². The van der Waals surface area contributed by atoms with Crippen LogP contribution in [0.15, 0.2) is 42.5 Å². The Labute approximate surface area is 168 Å². The molecule has 0 aliphatic rings. The van der Waals surface area contributed by atoms with Crippen molar-refractivity contribution in [3.8, 4) is 0 Å². The molecule has 2 aromatic rings. The smallest absolute Gasteiger partial charge is 0.251 e. The van der Waals surface area contributed by atoms with Gasteiger partial charge in [0, 0.05) is 12.6 Å². The first-order valence-electron chi connectivity index (χ1n) is 9.26. The van der Waals surface area contributed by atoms with E-state index in [0.717, 1.165) is 17.4 Å². The van der Waals surface area contributed by atoms with E-state index in [2.05, 4.69) is 38.2 Å². The fourth-order valence-electron chi connectivity index (χ4n) is 2.90. The zero-order valence-corrected chi connectivity index (χ0v) is 18.5. The standard InChI is InChI=1S/C22H30N2O3S/c1-15-8-9-18(14-20(15)24(6)28(7,26)27)21(25)23-16(2)17-10-12-19(13-11-17)22(3,4)5/h8-14,16H,1-7H3,(H,23,25)/t16-/m1/s1. The SMILES string of the molecule is Cc1ccc(C(=O)N[C@H](C)c2ccc(C(C)(C)C)cc2)cc1N(C)S(C)(=O)=O. The highest BCUT2D eigenvalue weighted by molar-refractivity contribution is 7.92. The summed E-state index contributed by atoms with van der Waals surface area (Å²) in [6, 6.07) is 13.1. The molecule has 0 fully saturated rings. The first kappa shape index (κ1) is 22.0. The van der Waals surface area contributed by atoms with E-state index in [4.69, 9.17) is 0 Å². The fourth-order valence-corrected chi connectivity index (χ4v) is 3.46. The van der Waals surface area contributed by atoms with Crippen molar-refractivity contribution in [3.05, 3.63) is 64.7 Å². The molecule has 0 bridgehead atoms. The van der Waals surface area contributed by atoms with Gasteiger partial charge in [0.25, 0.3) is 5.91 Å². The number of rotatable bonds is 5. The molecule has 0 aliphatic carbocycles. The summed E-state index contributed by atoms with van der Waals surface area (Å²) in [6.07, 6.45) is 1.14. The van der Waals surface area contributed by atoms with E-state index in [1.165, 1.54) is 16.9 Å². The van der Waals surface area contributed by atoms with E-state index in [9.17, 15) is 13.2 Å². The van der Waals surface area contributed by atoms with Crippen LogP contribution in [0.5, 0.6) is 0 Å². The number of hydrogen-bond donors (Lipinski definition) is 1. The van der Waals surface area contributed by atoms with Crippen LogP contribution in [0.3, 0.4) is 0 Å². The van der Waals surface area contributed by atoms with Crippen LogP contribution in [0.25, 0.3) is 0 Å². The van der Waals surface area contributed by atoms with E-state index in [1.807, 2.05) is 26.0 Å². The normalized spacial score (nSPS) is 13.1. The Bertz CT molecular complexity index is 958. The molecule has 0 spiro atoms. The van der Waals surface area contributed by atoms with Gasteiger partial charge in [0.05, 0.1) is 18.0 Å². The molecule has 1 atom stereocenters. The van der Waals surface area contributed by atoms with Crippen molar-refractivity contribution in [3.63, 3.8) is 0 Å². The number of aryl methyl sites for hydroxylation is 1. The second kappa shape index (κ2) is 7.95. The number of hydrogen-bond acceptors (Lipinski definition) is 3. The maximum atomic E-state index is 12.7. The molecule has 0 aliphatic heterocycles. The lowest BCUT2D eigenvalue weighted by molar-refractivity contribution is 0.0940. The predicted molar refractivity (Wildman–Crippen MR) is 115 cm³/mol. The molecule has 2 aromatic carbocycles. The Balaban J connectivity index is 2.21. The van der Waals surface area contributed by atoms with Crippen LogP contribution in [-0.4, -0.2) is 27.6 Å². The summed E-state index contributed by atoms with van der Waals surface area (Å²) in [5.41, 5.74) is 4.04. The van der Waals surface area contributed by atoms with E-state index < -0.39 is 10.0 Å². The maximum absolute atomic E-state index is 12.7. The van der Waals surface area contributed by atoms with Crippen molar-refractivity contribution in [2.75, 3.05) is 17.6 Å². The Morgan fingerprint density at radius 1 is 1.07 bits per heavy atom. The van der Waals surface area contributed by atoms with E-state index in [-0.39, 0.29) is 17.4 Å². The van der Waals surface area contributed by atoms with Crippen molar-refractivity contribution in [1.82, 2.24) is 5.32 Å². The molecule has 152 valence electrons. The number of carbonyl (C=O) groups excluding carboxylic acids is 1. The Morgan fingerprint density at radius 2 is 1.64 bits per heavy atom. The molecular formula is C22H30N2O3S. The van der Waals surface area contributed by atoms with Crippen LogP contribution >= 0.6 is 0 Å². The van der Waals surface area contributed by atoms with Crippen molar-refractivity contribution >= 4 is 21.6 Å². The molecule has 0 saturated heterocycles. The summed E-state index contributed by atoms with van der Waals surface area (Å²) >= 11 is 0. The third-order valence-electron chi connectivity index (χ3n) is 4.93. The topological polar surface area (TPSA) is 66.5 Å². The Morgan fingerprint density at radius 3 is 2.14 bits per heavy atom. The van der Waals surface area contributed by atoms with Gasteiger partial charge >= 0.3 is 0 Å². The average Bonchev–Trinajstić information content (AvgIpc) is 2.60. The van der Waals surface area contributed by atoms with Crippen LogP contribution in [0.2, 0.25) is 0 Å². The van der Waals surface area contributed by atoms with E-state index in [0.29, 0.717) is 11.3 Å². The largest absolute Gasteiger partial charge is 0.346 e. The lowest BCUT2D eigenvalue weighted by Crippen LogP contribution is -2.28. The van der Waals surface area contributed by atoms with Crippen LogP contribution in [0.1, 0.15) is 60.8 Å². The first-order valence-corrected chi connectivity index (χ1v) is 11.1. The van der Waals surface area contributed by atoms with E-state index >= 15 is 0 Å². The van der Waals surface area contributed by atoms with Gasteiger partial charge in [-0.1, -0.05) is 51.1 Å². The van der Waals surface area contributed by atoms with Crippen molar-refractivity contribution < 1.29 is 13.2 Å². The maximum Gasteiger partial charge on any atom is 0.251 e. The second-order valence-electron chi connectivity index (χ2n) is 8.30. The van der Waals surface area contributed by atoms with E-state index in [1.54, 1.807) is 18.2 Å². The van der Waals surface area contributed by atoms with Crippen LogP contribution in [-0.2, 0) is 15.4 Å². The van der Waals surface area contributed by atoms with Gasteiger partial charge in [0.2, 0.25) is 10.0 Å². The monoisotopic (exact) mass is 402 g/mol. The molecule has 0 aromatic heterocycles. The number of anilines is 1. The fraction of sp³-hybridized carbons (Fsp3) is 0.409. The van der Waals surface area contributed by atoms with Gasteiger partial charge in [-0.3, -0.25) is 9.10 Å². The highest BCUT2D eigenvalue weighted by Gasteiger charge is 2.18. The number of nitrogens with one attached hydrogen (secondary N) is 1. The summed E-state index contributed by atoms with van der Waals surface area (Å²) in [5, 5.41) is 2.99. The molecule has 0 unspecified atom stereocenters. The van der Waals surface area contributed by atoms with Crippen molar-refractivity contribution in [1.29, 1.82) is 0 Å². The molecule has 0 radical (unpaired) electrons. The molecule has 6 heteroatoms. The summed E-state index contributed by atoms with van der Waals surface area (Å²) in [7, 11) is -1.92. The number of nitrogens with zero attached hydrogens (tertiary/aromatic N) is 1. The number of amides is 1. The lowest BCUT2D eigenvalue weighted by Gasteiger charge is -2.21. The third-order valence-corrected chi connectivity index (χ3v) is 6.12. The van der Waals surface area contributed by atoms with Gasteiger partial charge in [0.1, 0.15) is 0 Å². The number of carbonyl (C=O) groups is 1. The Kier molecular flexibility index (Phi) is 6.24. The average molecular weight is 403 g/mol. The van der Waals surface area contributed by atoms with Crippen molar-refractivity contribution in [2.45, 2.75) is 46.1 Å². The van der Waals surface area contributed by atoms with Gasteiger partial charge in [-0.25, -0.2) is 8.42 Å². The van der Waals surface area contributed by atoms with Gasteiger partial charge < -0.3 is 5.32 Å². The minimum Gasteiger partial charge on any atom is -0.346 e. The molecule has 0 heterocycles. The van der Waals surface area contributed by atoms with Crippen LogP contribution in [0.4, 0.5) is 5.69 Å². The second-order valence-corrected chi connectivity index (χ2v) is 10.3. The summed E-state index contributed by atoms with van der Waals surface area (Å²) < 4.78 is 24.9. The predicted octanol–water partition coefficient (Wildman–Crippen LogP) is 4.18. The van der Waals surface area contributed by atoms with Gasteiger partial charge in [-0.05, 0) is 48.1 Å². The third kappa shape index (κ3) is 5.13. The van der Waals surface area contributed by atoms with Crippen LogP contribution in [0, 0.1) is 6.92 Å².